The molecular weight excluding hydrogens is 224 g/mol. The lowest BCUT2D eigenvalue weighted by atomic mass is 10.3. The van der Waals surface area contributed by atoms with Crippen LogP contribution in [0.1, 0.15) is 12.8 Å². The molecule has 0 amide bonds. The van der Waals surface area contributed by atoms with E-state index < -0.39 is 10.0 Å². The highest BCUT2D eigenvalue weighted by atomic mass is 32.2. The molecule has 1 rings (SSSR count). The van der Waals surface area contributed by atoms with Crippen LogP contribution in [0.5, 0.6) is 0 Å². The maximum Gasteiger partial charge on any atom is 0.240 e. The van der Waals surface area contributed by atoms with Crippen LogP contribution in [0, 0.1) is 12.3 Å². The molecule has 0 unspecified atom stereocenters. The number of nitrogens with one attached hydrogen (secondary N) is 1. The Morgan fingerprint density at radius 3 is 2.50 bits per heavy atom. The number of terminal acetylenes is 1. The molecule has 0 heterocycles. The first kappa shape index (κ1) is 12.6. The molecule has 86 valence electrons. The first-order valence-electron chi connectivity index (χ1n) is 4.85. The second-order valence-corrected chi connectivity index (χ2v) is 5.04. The van der Waals surface area contributed by atoms with Crippen LogP contribution in [0.3, 0.4) is 0 Å². The molecule has 4 nitrogen and oxygen atoms in total. The molecule has 0 fully saturated rings. The fourth-order valence-corrected chi connectivity index (χ4v) is 2.20. The monoisotopic (exact) mass is 238 g/mol. The zero-order valence-corrected chi connectivity index (χ0v) is 9.63. The standard InChI is InChI=1S/C11H14N2O2S/c1-2-3-4-9-13-16(14,15)11-7-5-10(12)6-8-11/h1,5-8,13H,3-4,9,12H2. The Balaban J connectivity index is 2.64. The lowest BCUT2D eigenvalue weighted by Crippen LogP contribution is -2.24. The van der Waals surface area contributed by atoms with Gasteiger partial charge in [-0.25, -0.2) is 13.1 Å². The lowest BCUT2D eigenvalue weighted by molar-refractivity contribution is 0.579. The van der Waals surface area contributed by atoms with Crippen molar-refractivity contribution in [3.63, 3.8) is 0 Å². The van der Waals surface area contributed by atoms with Gasteiger partial charge in [0.15, 0.2) is 0 Å². The summed E-state index contributed by atoms with van der Waals surface area (Å²) in [5, 5.41) is 0. The summed E-state index contributed by atoms with van der Waals surface area (Å²) in [6.45, 7) is 0.344. The summed E-state index contributed by atoms with van der Waals surface area (Å²) in [4.78, 5) is 0.211. The Bertz CT molecular complexity index is 472. The van der Waals surface area contributed by atoms with E-state index in [9.17, 15) is 8.42 Å². The molecule has 0 saturated heterocycles. The minimum atomic E-state index is -3.43. The van der Waals surface area contributed by atoms with E-state index in [-0.39, 0.29) is 4.90 Å². The van der Waals surface area contributed by atoms with Crippen LogP contribution in [0.4, 0.5) is 5.69 Å². The highest BCUT2D eigenvalue weighted by molar-refractivity contribution is 7.89. The summed E-state index contributed by atoms with van der Waals surface area (Å²) >= 11 is 0. The quantitative estimate of drug-likeness (QED) is 0.456. The third kappa shape index (κ3) is 3.57. The number of nitrogen functional groups attached to an aromatic ring is 1. The summed E-state index contributed by atoms with van der Waals surface area (Å²) in [7, 11) is -3.43. The third-order valence-electron chi connectivity index (χ3n) is 1.98. The average molecular weight is 238 g/mol. The molecule has 0 saturated carbocycles. The zero-order chi connectivity index (χ0) is 12.0. The summed E-state index contributed by atoms with van der Waals surface area (Å²) in [6.07, 6.45) is 6.25. The fourth-order valence-electron chi connectivity index (χ4n) is 1.13. The van der Waals surface area contributed by atoms with Crippen molar-refractivity contribution in [2.45, 2.75) is 17.7 Å². The molecular formula is C11H14N2O2S. The van der Waals surface area contributed by atoms with Crippen molar-refractivity contribution < 1.29 is 8.42 Å². The van der Waals surface area contributed by atoms with E-state index in [0.717, 1.165) is 0 Å². The van der Waals surface area contributed by atoms with Gasteiger partial charge in [0, 0.05) is 18.7 Å². The maximum absolute atomic E-state index is 11.7. The van der Waals surface area contributed by atoms with Crippen LogP contribution in [-0.2, 0) is 10.0 Å². The highest BCUT2D eigenvalue weighted by Gasteiger charge is 2.12. The first-order chi connectivity index (χ1) is 7.56. The van der Waals surface area contributed by atoms with Gasteiger partial charge in [0.25, 0.3) is 0 Å². The Kier molecular flexibility index (Phi) is 4.35. The summed E-state index contributed by atoms with van der Waals surface area (Å²) in [5.74, 6) is 2.45. The Labute approximate surface area is 95.9 Å². The van der Waals surface area contributed by atoms with E-state index in [1.807, 2.05) is 0 Å². The van der Waals surface area contributed by atoms with Crippen molar-refractivity contribution >= 4 is 15.7 Å². The fraction of sp³-hybridized carbons (Fsp3) is 0.273. The molecule has 0 aromatic heterocycles. The topological polar surface area (TPSA) is 72.2 Å². The van der Waals surface area contributed by atoms with Gasteiger partial charge in [-0.2, -0.15) is 0 Å². The largest absolute Gasteiger partial charge is 0.399 e. The maximum atomic E-state index is 11.7. The first-order valence-corrected chi connectivity index (χ1v) is 6.33. The average Bonchev–Trinajstić information content (AvgIpc) is 2.25. The minimum Gasteiger partial charge on any atom is -0.399 e. The number of hydrogen-bond donors (Lipinski definition) is 2. The van der Waals surface area contributed by atoms with Crippen molar-refractivity contribution in [3.8, 4) is 12.3 Å². The summed E-state index contributed by atoms with van der Waals surface area (Å²) < 4.78 is 25.9. The van der Waals surface area contributed by atoms with Crippen molar-refractivity contribution in [1.29, 1.82) is 0 Å². The molecule has 0 radical (unpaired) electrons. The number of anilines is 1. The molecule has 1 aromatic rings. The predicted molar refractivity (Wildman–Crippen MR) is 64.1 cm³/mol. The Morgan fingerprint density at radius 1 is 1.31 bits per heavy atom. The number of nitrogens with two attached hydrogens (primary N) is 1. The summed E-state index contributed by atoms with van der Waals surface area (Å²) in [5.41, 5.74) is 6.01. The van der Waals surface area contributed by atoms with Gasteiger partial charge in [-0.15, -0.1) is 12.3 Å². The van der Waals surface area contributed by atoms with Gasteiger partial charge in [-0.05, 0) is 30.7 Å². The van der Waals surface area contributed by atoms with Crippen molar-refractivity contribution in [2.24, 2.45) is 0 Å². The second kappa shape index (κ2) is 5.54. The van der Waals surface area contributed by atoms with Crippen LogP contribution in [0.25, 0.3) is 0 Å². The van der Waals surface area contributed by atoms with Crippen LogP contribution in [0.2, 0.25) is 0 Å². The molecule has 16 heavy (non-hydrogen) atoms. The van der Waals surface area contributed by atoms with Gasteiger partial charge in [-0.3, -0.25) is 0 Å². The smallest absolute Gasteiger partial charge is 0.240 e. The summed E-state index contributed by atoms with van der Waals surface area (Å²) in [6, 6.07) is 6.05. The van der Waals surface area contributed by atoms with Crippen molar-refractivity contribution in [3.05, 3.63) is 24.3 Å². The van der Waals surface area contributed by atoms with Crippen molar-refractivity contribution in [1.82, 2.24) is 4.72 Å². The van der Waals surface area contributed by atoms with E-state index in [1.165, 1.54) is 12.1 Å². The zero-order valence-electron chi connectivity index (χ0n) is 8.81. The number of hydrogen-bond acceptors (Lipinski definition) is 3. The molecule has 0 aliphatic heterocycles. The molecule has 0 aliphatic carbocycles. The molecule has 0 atom stereocenters. The lowest BCUT2D eigenvalue weighted by Gasteiger charge is -2.05. The molecule has 0 spiro atoms. The van der Waals surface area contributed by atoms with E-state index in [1.54, 1.807) is 12.1 Å². The second-order valence-electron chi connectivity index (χ2n) is 3.27. The Hall–Kier alpha value is -1.51. The Morgan fingerprint density at radius 2 is 1.94 bits per heavy atom. The van der Waals surface area contributed by atoms with Crippen LogP contribution >= 0.6 is 0 Å². The number of unbranched alkanes of at least 4 members (excludes halogenated alkanes) is 1. The van der Waals surface area contributed by atoms with E-state index >= 15 is 0 Å². The van der Waals surface area contributed by atoms with Crippen LogP contribution < -0.4 is 10.5 Å². The van der Waals surface area contributed by atoms with Gasteiger partial charge in [-0.1, -0.05) is 0 Å². The normalized spacial score (nSPS) is 10.9. The van der Waals surface area contributed by atoms with Crippen molar-refractivity contribution in [2.75, 3.05) is 12.3 Å². The number of benzene rings is 1. The van der Waals surface area contributed by atoms with E-state index in [4.69, 9.17) is 12.2 Å². The van der Waals surface area contributed by atoms with Gasteiger partial charge < -0.3 is 5.73 Å². The highest BCUT2D eigenvalue weighted by Crippen LogP contribution is 2.11. The minimum absolute atomic E-state index is 0.211. The van der Waals surface area contributed by atoms with Crippen LogP contribution in [0.15, 0.2) is 29.2 Å². The molecule has 3 N–H and O–H groups in total. The van der Waals surface area contributed by atoms with Gasteiger partial charge in [0.2, 0.25) is 10.0 Å². The molecule has 5 heteroatoms. The van der Waals surface area contributed by atoms with Gasteiger partial charge in [0.1, 0.15) is 0 Å². The third-order valence-corrected chi connectivity index (χ3v) is 3.46. The van der Waals surface area contributed by atoms with Gasteiger partial charge >= 0.3 is 0 Å². The van der Waals surface area contributed by atoms with Crippen LogP contribution in [-0.4, -0.2) is 15.0 Å². The van der Waals surface area contributed by atoms with E-state index in [2.05, 4.69) is 10.6 Å². The number of rotatable bonds is 5. The predicted octanol–water partition coefficient (Wildman–Crippen LogP) is 0.960. The SMILES string of the molecule is C#CCCCNS(=O)(=O)c1ccc(N)cc1. The van der Waals surface area contributed by atoms with Gasteiger partial charge in [0.05, 0.1) is 4.90 Å². The molecule has 0 aliphatic rings. The molecule has 0 bridgehead atoms. The molecule has 1 aromatic carbocycles. The van der Waals surface area contributed by atoms with E-state index in [0.29, 0.717) is 25.1 Å². The number of sulfonamides is 1.